The van der Waals surface area contributed by atoms with Crippen molar-refractivity contribution in [3.8, 4) is 22.6 Å². The number of hydrogen-bond acceptors (Lipinski definition) is 4. The molecule has 1 N–H and O–H groups in total. The van der Waals surface area contributed by atoms with Gasteiger partial charge in [-0.3, -0.25) is 4.79 Å². The lowest BCUT2D eigenvalue weighted by Gasteiger charge is -2.02. The van der Waals surface area contributed by atoms with Gasteiger partial charge in [-0.2, -0.15) is 0 Å². The zero-order valence-corrected chi connectivity index (χ0v) is 13.8. The molecule has 1 amide bonds. The average Bonchev–Trinajstić information content (AvgIpc) is 3.31. The van der Waals surface area contributed by atoms with E-state index in [0.29, 0.717) is 5.69 Å². The summed E-state index contributed by atoms with van der Waals surface area (Å²) in [5.41, 5.74) is 4.24. The Labute approximate surface area is 148 Å². The van der Waals surface area contributed by atoms with Crippen LogP contribution in [0.4, 0.5) is 5.69 Å². The highest BCUT2D eigenvalue weighted by Gasteiger charge is 2.08. The lowest BCUT2D eigenvalue weighted by Crippen LogP contribution is -2.12. The van der Waals surface area contributed by atoms with Crippen molar-refractivity contribution in [2.24, 2.45) is 0 Å². The van der Waals surface area contributed by atoms with Crippen molar-refractivity contribution in [2.75, 3.05) is 11.2 Å². The van der Waals surface area contributed by atoms with Crippen molar-refractivity contribution in [1.82, 2.24) is 14.4 Å². The minimum Gasteiger partial charge on any atom is -0.444 e. The second-order valence-corrected chi connectivity index (χ2v) is 5.70. The monoisotopic (exact) mass is 352 g/mol. The Morgan fingerprint density at radius 3 is 2.64 bits per heavy atom. The van der Waals surface area contributed by atoms with Crippen LogP contribution in [0.25, 0.3) is 28.2 Å². The first-order chi connectivity index (χ1) is 12.2. The molecule has 0 bridgehead atoms. The predicted octanol–water partition coefficient (Wildman–Crippen LogP) is 3.83. The van der Waals surface area contributed by atoms with Crippen LogP contribution in [0.1, 0.15) is 0 Å². The summed E-state index contributed by atoms with van der Waals surface area (Å²) >= 11 is 5.51. The Balaban J connectivity index is 1.64. The minimum atomic E-state index is -0.246. The number of rotatable bonds is 4. The number of nitrogens with one attached hydrogen (secondary N) is 1. The number of imidazole rings is 1. The van der Waals surface area contributed by atoms with Gasteiger partial charge in [0.1, 0.15) is 11.5 Å². The van der Waals surface area contributed by atoms with E-state index in [1.807, 2.05) is 40.9 Å². The van der Waals surface area contributed by atoms with E-state index < -0.39 is 0 Å². The molecular formula is C18H13ClN4O2. The zero-order chi connectivity index (χ0) is 17.2. The number of anilines is 1. The summed E-state index contributed by atoms with van der Waals surface area (Å²) in [6, 6.07) is 11.5. The number of carbonyl (C=O) groups excluding carboxylic acids is 1. The van der Waals surface area contributed by atoms with Gasteiger partial charge in [0.25, 0.3) is 0 Å². The molecule has 7 heteroatoms. The van der Waals surface area contributed by atoms with Crippen molar-refractivity contribution in [2.45, 2.75) is 0 Å². The highest BCUT2D eigenvalue weighted by Crippen LogP contribution is 2.25. The van der Waals surface area contributed by atoms with Gasteiger partial charge in [0.2, 0.25) is 5.91 Å². The largest absolute Gasteiger partial charge is 0.444 e. The van der Waals surface area contributed by atoms with E-state index in [4.69, 9.17) is 16.0 Å². The minimum absolute atomic E-state index is 0.0786. The van der Waals surface area contributed by atoms with E-state index in [9.17, 15) is 4.79 Å². The number of pyridine rings is 1. The Morgan fingerprint density at radius 2 is 1.92 bits per heavy atom. The molecule has 0 saturated heterocycles. The van der Waals surface area contributed by atoms with Crippen LogP contribution in [0.3, 0.4) is 0 Å². The number of halogens is 1. The molecule has 3 aromatic heterocycles. The van der Waals surface area contributed by atoms with E-state index in [1.54, 1.807) is 18.5 Å². The Morgan fingerprint density at radius 1 is 1.12 bits per heavy atom. The fraction of sp³-hybridized carbons (Fsp3) is 0.0556. The highest BCUT2D eigenvalue weighted by atomic mass is 35.5. The Hall–Kier alpha value is -3.12. The van der Waals surface area contributed by atoms with Crippen LogP contribution < -0.4 is 5.32 Å². The summed E-state index contributed by atoms with van der Waals surface area (Å²) in [5.74, 6) is 0.399. The molecule has 0 aliphatic carbocycles. The molecule has 4 aromatic rings. The number of fused-ring (bicyclic) bond motifs is 1. The van der Waals surface area contributed by atoms with E-state index in [2.05, 4.69) is 15.3 Å². The molecule has 3 heterocycles. The van der Waals surface area contributed by atoms with Crippen LogP contribution in [0, 0.1) is 0 Å². The van der Waals surface area contributed by atoms with Gasteiger partial charge in [0.05, 0.1) is 17.6 Å². The normalized spacial score (nSPS) is 10.9. The maximum Gasteiger partial charge on any atom is 0.239 e. The van der Waals surface area contributed by atoms with E-state index in [0.717, 1.165) is 28.2 Å². The molecule has 6 nitrogen and oxygen atoms in total. The van der Waals surface area contributed by atoms with E-state index in [-0.39, 0.29) is 11.8 Å². The van der Waals surface area contributed by atoms with Crippen LogP contribution in [0.15, 0.2) is 65.8 Å². The number of aromatic nitrogens is 3. The number of nitrogens with zero attached hydrogens (tertiary/aromatic N) is 3. The summed E-state index contributed by atoms with van der Waals surface area (Å²) in [6.45, 7) is 0. The van der Waals surface area contributed by atoms with E-state index in [1.165, 1.54) is 6.39 Å². The van der Waals surface area contributed by atoms with Gasteiger partial charge in [0, 0.05) is 23.5 Å². The van der Waals surface area contributed by atoms with Crippen molar-refractivity contribution in [1.29, 1.82) is 0 Å². The lowest BCUT2D eigenvalue weighted by molar-refractivity contribution is -0.113. The van der Waals surface area contributed by atoms with Crippen LogP contribution in [0.5, 0.6) is 0 Å². The first-order valence-corrected chi connectivity index (χ1v) is 8.10. The topological polar surface area (TPSA) is 72.4 Å². The Bertz CT molecular complexity index is 1020. The van der Waals surface area contributed by atoms with Gasteiger partial charge in [-0.25, -0.2) is 9.97 Å². The fourth-order valence-electron chi connectivity index (χ4n) is 2.56. The van der Waals surface area contributed by atoms with Crippen LogP contribution >= 0.6 is 11.6 Å². The molecule has 0 spiro atoms. The molecule has 124 valence electrons. The third-order valence-corrected chi connectivity index (χ3v) is 4.00. The van der Waals surface area contributed by atoms with Gasteiger partial charge in [0.15, 0.2) is 12.2 Å². The third-order valence-electron chi connectivity index (χ3n) is 3.75. The van der Waals surface area contributed by atoms with Crippen molar-refractivity contribution in [3.05, 3.63) is 61.4 Å². The van der Waals surface area contributed by atoms with E-state index >= 15 is 0 Å². The second kappa shape index (κ2) is 6.41. The maximum atomic E-state index is 11.4. The first kappa shape index (κ1) is 15.4. The molecule has 25 heavy (non-hydrogen) atoms. The number of carbonyl (C=O) groups is 1. The number of oxazole rings is 1. The Kier molecular flexibility index (Phi) is 3.95. The number of benzene rings is 1. The summed E-state index contributed by atoms with van der Waals surface area (Å²) < 4.78 is 7.16. The average molecular weight is 353 g/mol. The summed E-state index contributed by atoms with van der Waals surface area (Å²) in [6.07, 6.45) is 6.80. The fourth-order valence-corrected chi connectivity index (χ4v) is 2.63. The highest BCUT2D eigenvalue weighted by molar-refractivity contribution is 6.29. The zero-order valence-electron chi connectivity index (χ0n) is 13.0. The van der Waals surface area contributed by atoms with Gasteiger partial charge >= 0.3 is 0 Å². The lowest BCUT2D eigenvalue weighted by atomic mass is 10.1. The molecule has 0 saturated carbocycles. The van der Waals surface area contributed by atoms with Gasteiger partial charge in [-0.1, -0.05) is 24.3 Å². The van der Waals surface area contributed by atoms with Gasteiger partial charge < -0.3 is 14.1 Å². The van der Waals surface area contributed by atoms with Gasteiger partial charge in [-0.15, -0.1) is 11.6 Å². The molecule has 0 atom stereocenters. The van der Waals surface area contributed by atoms with Crippen LogP contribution in [-0.2, 0) is 4.79 Å². The summed E-state index contributed by atoms with van der Waals surface area (Å²) in [7, 11) is 0. The van der Waals surface area contributed by atoms with Gasteiger partial charge in [-0.05, 0) is 12.1 Å². The smallest absolute Gasteiger partial charge is 0.239 e. The van der Waals surface area contributed by atoms with Crippen molar-refractivity contribution < 1.29 is 9.21 Å². The molecule has 1 aromatic carbocycles. The summed E-state index contributed by atoms with van der Waals surface area (Å²) in [5, 5.41) is 2.72. The summed E-state index contributed by atoms with van der Waals surface area (Å²) in [4.78, 5) is 19.9. The van der Waals surface area contributed by atoms with Crippen molar-refractivity contribution >= 4 is 28.8 Å². The SMILES string of the molecule is O=C(CCl)Nc1ccc2nc(-c3ccc(-c4cnco4)cc3)cn2c1. The number of amides is 1. The second-order valence-electron chi connectivity index (χ2n) is 5.43. The molecule has 0 radical (unpaired) electrons. The standard InChI is InChI=1S/C18H13ClN4O2/c19-7-18(24)21-14-5-6-17-22-15(10-23(17)9-14)12-1-3-13(4-2-12)16-8-20-11-25-16/h1-6,8-11H,7H2,(H,21,24). The molecule has 0 aliphatic heterocycles. The third kappa shape index (κ3) is 3.12. The molecular weight excluding hydrogens is 340 g/mol. The molecule has 4 rings (SSSR count). The maximum absolute atomic E-state index is 11.4. The van der Waals surface area contributed by atoms with Crippen LogP contribution in [0.2, 0.25) is 0 Å². The number of alkyl halides is 1. The molecule has 0 aliphatic rings. The quantitative estimate of drug-likeness (QED) is 0.566. The first-order valence-electron chi connectivity index (χ1n) is 7.57. The van der Waals surface area contributed by atoms with Crippen LogP contribution in [-0.4, -0.2) is 26.2 Å². The molecule has 0 fully saturated rings. The molecule has 0 unspecified atom stereocenters. The number of hydrogen-bond donors (Lipinski definition) is 1. The predicted molar refractivity (Wildman–Crippen MR) is 95.5 cm³/mol. The van der Waals surface area contributed by atoms with Crippen molar-refractivity contribution in [3.63, 3.8) is 0 Å².